The largest absolute Gasteiger partial charge is 0.477 e. The van der Waals surface area contributed by atoms with Crippen LogP contribution in [-0.2, 0) is 53.8 Å². The van der Waals surface area contributed by atoms with Gasteiger partial charge >= 0.3 is 7.82 Å². The second-order valence-corrected chi connectivity index (χ2v) is 43.4. The van der Waals surface area contributed by atoms with Gasteiger partial charge in [-0.05, 0) is 83.7 Å². The van der Waals surface area contributed by atoms with Crippen LogP contribution in [0.25, 0.3) is 0 Å². The van der Waals surface area contributed by atoms with E-state index >= 15 is 4.39 Å². The smallest absolute Gasteiger partial charge is 0.414 e. The summed E-state index contributed by atoms with van der Waals surface area (Å²) in [5.41, 5.74) is 1.49. The fourth-order valence-corrected chi connectivity index (χ4v) is 11.6. The molecule has 2 aromatic carbocycles. The molecule has 60 heavy (non-hydrogen) atoms. The zero-order valence-electron chi connectivity index (χ0n) is 40.9. The lowest BCUT2D eigenvalue weighted by atomic mass is 9.96. The van der Waals surface area contributed by atoms with Crippen molar-refractivity contribution in [2.24, 2.45) is 0 Å². The van der Waals surface area contributed by atoms with Crippen molar-refractivity contribution in [3.8, 4) is 0 Å². The van der Waals surface area contributed by atoms with Crippen LogP contribution < -0.4 is 0 Å². The number of phosphoric acid groups is 1. The predicted molar refractivity (Wildman–Crippen MR) is 254 cm³/mol. The topological polar surface area (TPSA) is 90.9 Å². The van der Waals surface area contributed by atoms with Gasteiger partial charge in [-0.2, -0.15) is 0 Å². The molecule has 1 saturated heterocycles. The normalized spacial score (nSPS) is 22.5. The molecule has 1 heterocycles. The van der Waals surface area contributed by atoms with Crippen LogP contribution in [0.15, 0.2) is 60.7 Å². The molecule has 0 aliphatic carbocycles. The average molecular weight is 929 g/mol. The summed E-state index contributed by atoms with van der Waals surface area (Å²) in [6.45, 7) is 43.3. The first-order chi connectivity index (χ1) is 27.0. The highest BCUT2D eigenvalue weighted by atomic mass is 31.2. The summed E-state index contributed by atoms with van der Waals surface area (Å²) in [7, 11) is -14.8. The summed E-state index contributed by atoms with van der Waals surface area (Å²) in [5, 5.41) is -0.804. The summed E-state index contributed by atoms with van der Waals surface area (Å²) in [6, 6.07) is 18.6. The minimum absolute atomic E-state index is 0.0958. The summed E-state index contributed by atoms with van der Waals surface area (Å²) in [4.78, 5) is 0. The Hall–Kier alpha value is -0.852. The van der Waals surface area contributed by atoms with Gasteiger partial charge < -0.3 is 22.4 Å². The van der Waals surface area contributed by atoms with E-state index in [1.165, 1.54) is 0 Å². The van der Waals surface area contributed by atoms with Gasteiger partial charge in [0.15, 0.2) is 39.4 Å². The van der Waals surface area contributed by atoms with Crippen molar-refractivity contribution in [2.45, 2.75) is 206 Å². The Morgan fingerprint density at radius 3 is 1.37 bits per heavy atom. The molecular formula is C45H82FO9PSi4. The quantitative estimate of drug-likeness (QED) is 0.107. The van der Waals surface area contributed by atoms with Gasteiger partial charge in [-0.1, -0.05) is 144 Å². The van der Waals surface area contributed by atoms with E-state index in [1.54, 1.807) is 0 Å². The first-order valence-electron chi connectivity index (χ1n) is 21.6. The molecule has 2 aromatic rings. The maximum atomic E-state index is 18.0. The van der Waals surface area contributed by atoms with Crippen molar-refractivity contribution in [3.05, 3.63) is 71.8 Å². The molecule has 344 valence electrons. The maximum Gasteiger partial charge on any atom is 0.477 e. The summed E-state index contributed by atoms with van der Waals surface area (Å²) in [6.07, 6.45) is -7.48. The Morgan fingerprint density at radius 1 is 0.600 bits per heavy atom. The number of benzene rings is 2. The lowest BCUT2D eigenvalue weighted by Gasteiger charge is -2.53. The number of hydrogen-bond acceptors (Lipinski definition) is 9. The number of rotatable bonds is 18. The van der Waals surface area contributed by atoms with E-state index in [0.717, 1.165) is 11.1 Å². The van der Waals surface area contributed by atoms with Crippen LogP contribution in [0.5, 0.6) is 0 Å². The summed E-state index contributed by atoms with van der Waals surface area (Å²) >= 11 is 0. The molecule has 15 heteroatoms. The van der Waals surface area contributed by atoms with Crippen molar-refractivity contribution in [3.63, 3.8) is 0 Å². The second-order valence-electron chi connectivity index (χ2n) is 22.7. The van der Waals surface area contributed by atoms with Gasteiger partial charge in [0.1, 0.15) is 18.3 Å². The van der Waals surface area contributed by atoms with Crippen LogP contribution in [0.4, 0.5) is 4.39 Å². The molecule has 1 fully saturated rings. The van der Waals surface area contributed by atoms with Crippen molar-refractivity contribution in [1.82, 2.24) is 0 Å². The SMILES string of the molecule is CC(C)(C)[Si](C)(C)OC[C@H](O[Si](C)(C)C(C)(C)C)[C@H]1O[C@@H](OP(=O)(OCc2ccccc2)OCc2ccccc2)[C@H](F)[C@@H](O[Si](C)(C)C(C)(C)C)[C@@H]1O[Si](C)(C)C(C)(C)C. The van der Waals surface area contributed by atoms with Crippen molar-refractivity contribution < 1.29 is 45.0 Å². The molecule has 0 unspecified atom stereocenters. The van der Waals surface area contributed by atoms with Crippen molar-refractivity contribution >= 4 is 41.1 Å². The molecule has 0 radical (unpaired) electrons. The number of ether oxygens (including phenoxy) is 1. The first-order valence-corrected chi connectivity index (χ1v) is 34.7. The first kappa shape index (κ1) is 53.5. The maximum absolute atomic E-state index is 18.0. The monoisotopic (exact) mass is 928 g/mol. The van der Waals surface area contributed by atoms with E-state index in [9.17, 15) is 4.57 Å². The number of hydrogen-bond donors (Lipinski definition) is 0. The number of phosphoric ester groups is 1. The Kier molecular flexibility index (Phi) is 17.6. The zero-order valence-corrected chi connectivity index (χ0v) is 45.8. The average Bonchev–Trinajstić information content (AvgIpc) is 3.10. The molecule has 9 nitrogen and oxygen atoms in total. The van der Waals surface area contributed by atoms with Gasteiger partial charge in [-0.3, -0.25) is 13.6 Å². The molecule has 3 rings (SSSR count). The van der Waals surface area contributed by atoms with E-state index in [4.69, 9.17) is 36.0 Å². The molecule has 0 spiro atoms. The predicted octanol–water partition coefficient (Wildman–Crippen LogP) is 13.8. The van der Waals surface area contributed by atoms with Gasteiger partial charge in [0.05, 0.1) is 25.9 Å². The molecule has 0 amide bonds. The minimum atomic E-state index is -4.54. The van der Waals surface area contributed by atoms with E-state index in [1.807, 2.05) is 60.7 Å². The fraction of sp³-hybridized carbons (Fsp3) is 0.733. The third-order valence-electron chi connectivity index (χ3n) is 13.7. The lowest BCUT2D eigenvalue weighted by molar-refractivity contribution is -0.272. The number of alkyl halides is 1. The Bertz CT molecular complexity index is 1640. The lowest BCUT2D eigenvalue weighted by Crippen LogP contribution is -2.68. The number of halogens is 1. The molecule has 1 aliphatic heterocycles. The van der Waals surface area contributed by atoms with Gasteiger partial charge in [-0.25, -0.2) is 8.96 Å². The van der Waals surface area contributed by atoms with Crippen LogP contribution in [0.2, 0.25) is 72.5 Å². The summed E-state index contributed by atoms with van der Waals surface area (Å²) in [5.74, 6) is 0. The molecule has 1 aliphatic rings. The van der Waals surface area contributed by atoms with Crippen LogP contribution in [-0.4, -0.2) is 76.8 Å². The highest BCUT2D eigenvalue weighted by Gasteiger charge is 2.59. The summed E-state index contributed by atoms with van der Waals surface area (Å²) < 4.78 is 87.1. The Balaban J connectivity index is 2.30. The highest BCUT2D eigenvalue weighted by Crippen LogP contribution is 2.55. The van der Waals surface area contributed by atoms with Crippen LogP contribution in [0, 0.1) is 0 Å². The van der Waals surface area contributed by atoms with Crippen LogP contribution >= 0.6 is 7.82 Å². The van der Waals surface area contributed by atoms with Crippen LogP contribution in [0.3, 0.4) is 0 Å². The molecular weight excluding hydrogens is 847 g/mol. The van der Waals surface area contributed by atoms with E-state index in [2.05, 4.69) is 135 Å². The van der Waals surface area contributed by atoms with Crippen molar-refractivity contribution in [1.29, 1.82) is 0 Å². The van der Waals surface area contributed by atoms with Gasteiger partial charge in [0.25, 0.3) is 0 Å². The molecule has 0 saturated carbocycles. The molecule has 0 bridgehead atoms. The van der Waals surface area contributed by atoms with E-state index < -0.39 is 78.0 Å². The minimum Gasteiger partial charge on any atom is -0.414 e. The van der Waals surface area contributed by atoms with Gasteiger partial charge in [-0.15, -0.1) is 0 Å². The fourth-order valence-electron chi connectivity index (χ4n) is 5.45. The molecule has 0 N–H and O–H groups in total. The third-order valence-corrected chi connectivity index (χ3v) is 33.0. The van der Waals surface area contributed by atoms with Crippen LogP contribution in [0.1, 0.15) is 94.2 Å². The van der Waals surface area contributed by atoms with Gasteiger partial charge in [0, 0.05) is 0 Å². The molecule has 0 aromatic heterocycles. The van der Waals surface area contributed by atoms with Gasteiger partial charge in [0.2, 0.25) is 6.29 Å². The zero-order chi connectivity index (χ0) is 46.0. The van der Waals surface area contributed by atoms with E-state index in [-0.39, 0.29) is 40.0 Å². The Labute approximate surface area is 368 Å². The third kappa shape index (κ3) is 14.1. The standard InChI is InChI=1S/C45H82FO9PSi4/c1-42(2,3)57(13,14)50-33-36(53-58(15,16)43(4,5)6)38-40(55-60(19,20)45(10,11)12)39(54-59(17,18)44(7,8)9)37(46)41(51-38)52-56(47,48-31-34-27-23-21-24-28-34)49-32-35-29-25-22-26-30-35/h21-30,36-41H,31-33H2,1-20H3/t36-,37+,38+,39+,40+,41-/m0/s1. The highest BCUT2D eigenvalue weighted by molar-refractivity contribution is 7.48. The second kappa shape index (κ2) is 19.7. The molecule has 6 atom stereocenters. The van der Waals surface area contributed by atoms with Crippen molar-refractivity contribution in [2.75, 3.05) is 6.61 Å². The Morgan fingerprint density at radius 2 is 0.983 bits per heavy atom. The van der Waals surface area contributed by atoms with E-state index in [0.29, 0.717) is 0 Å².